The lowest BCUT2D eigenvalue weighted by molar-refractivity contribution is -0.117. The highest BCUT2D eigenvalue weighted by molar-refractivity contribution is 6.02. The lowest BCUT2D eigenvalue weighted by Gasteiger charge is -2.06. The van der Waals surface area contributed by atoms with Crippen LogP contribution >= 0.6 is 0 Å². The van der Waals surface area contributed by atoms with E-state index in [1.807, 2.05) is 72.8 Å². The van der Waals surface area contributed by atoms with Gasteiger partial charge in [-0.15, -0.1) is 0 Å². The molecule has 1 N–H and O–H groups in total. The van der Waals surface area contributed by atoms with Crippen molar-refractivity contribution in [2.75, 3.05) is 7.11 Å². The fourth-order valence-electron chi connectivity index (χ4n) is 2.63. The second kappa shape index (κ2) is 8.00. The van der Waals surface area contributed by atoms with Crippen molar-refractivity contribution < 1.29 is 9.53 Å². The van der Waals surface area contributed by atoms with E-state index in [1.165, 1.54) is 0 Å². The van der Waals surface area contributed by atoms with Gasteiger partial charge in [0.1, 0.15) is 17.4 Å². The Morgan fingerprint density at radius 3 is 2.50 bits per heavy atom. The van der Waals surface area contributed by atoms with Gasteiger partial charge in [-0.3, -0.25) is 4.79 Å². The summed E-state index contributed by atoms with van der Waals surface area (Å²) >= 11 is 0. The van der Waals surface area contributed by atoms with Crippen molar-refractivity contribution in [1.82, 2.24) is 5.32 Å². The van der Waals surface area contributed by atoms with E-state index in [0.717, 1.165) is 27.6 Å². The Morgan fingerprint density at radius 1 is 1.08 bits per heavy atom. The Labute approximate surface area is 152 Å². The van der Waals surface area contributed by atoms with E-state index >= 15 is 0 Å². The third-order valence-corrected chi connectivity index (χ3v) is 4.06. The Bertz CT molecular complexity index is 999. The summed E-state index contributed by atoms with van der Waals surface area (Å²) in [6.45, 7) is 0.347. The van der Waals surface area contributed by atoms with E-state index < -0.39 is 5.91 Å². The Hall–Kier alpha value is -3.58. The molecule has 3 aromatic carbocycles. The Morgan fingerprint density at radius 2 is 1.81 bits per heavy atom. The molecule has 0 saturated heterocycles. The SMILES string of the molecule is COc1ccc(CNC(=O)/C(C#N)=C/c2ccc3ccccc3c2)cc1. The molecule has 3 rings (SSSR count). The van der Waals surface area contributed by atoms with Gasteiger partial charge in [-0.25, -0.2) is 0 Å². The quantitative estimate of drug-likeness (QED) is 0.561. The van der Waals surface area contributed by atoms with Crippen LogP contribution in [0.4, 0.5) is 0 Å². The minimum atomic E-state index is -0.392. The maximum atomic E-state index is 12.3. The molecule has 0 radical (unpaired) electrons. The molecule has 4 heteroatoms. The average molecular weight is 342 g/mol. The molecule has 0 heterocycles. The number of nitrogens with zero attached hydrogens (tertiary/aromatic N) is 1. The monoisotopic (exact) mass is 342 g/mol. The van der Waals surface area contributed by atoms with E-state index in [1.54, 1.807) is 13.2 Å². The zero-order valence-corrected chi connectivity index (χ0v) is 14.4. The second-order valence-electron chi connectivity index (χ2n) is 5.81. The third-order valence-electron chi connectivity index (χ3n) is 4.06. The van der Waals surface area contributed by atoms with E-state index in [0.29, 0.717) is 6.54 Å². The summed E-state index contributed by atoms with van der Waals surface area (Å²) in [5, 5.41) is 14.3. The van der Waals surface area contributed by atoms with Crippen molar-refractivity contribution in [3.05, 3.63) is 83.4 Å². The number of ether oxygens (including phenoxy) is 1. The first-order valence-corrected chi connectivity index (χ1v) is 8.21. The lowest BCUT2D eigenvalue weighted by atomic mass is 10.0. The van der Waals surface area contributed by atoms with Crippen molar-refractivity contribution in [3.63, 3.8) is 0 Å². The highest BCUT2D eigenvalue weighted by Gasteiger charge is 2.09. The van der Waals surface area contributed by atoms with Crippen LogP contribution in [0.2, 0.25) is 0 Å². The highest BCUT2D eigenvalue weighted by Crippen LogP contribution is 2.17. The van der Waals surface area contributed by atoms with Gasteiger partial charge in [-0.2, -0.15) is 5.26 Å². The molecule has 0 aromatic heterocycles. The van der Waals surface area contributed by atoms with Crippen LogP contribution in [0.5, 0.6) is 5.75 Å². The second-order valence-corrected chi connectivity index (χ2v) is 5.81. The molecule has 0 unspecified atom stereocenters. The molecule has 4 nitrogen and oxygen atoms in total. The van der Waals surface area contributed by atoms with Crippen molar-refractivity contribution >= 4 is 22.8 Å². The van der Waals surface area contributed by atoms with E-state index in [4.69, 9.17) is 4.74 Å². The van der Waals surface area contributed by atoms with Gasteiger partial charge in [0.2, 0.25) is 0 Å². The van der Waals surface area contributed by atoms with Crippen LogP contribution in [0.25, 0.3) is 16.8 Å². The number of benzene rings is 3. The van der Waals surface area contributed by atoms with Crippen LogP contribution in [0.3, 0.4) is 0 Å². The molecule has 128 valence electrons. The molecule has 0 saturated carbocycles. The summed E-state index contributed by atoms with van der Waals surface area (Å²) in [6.07, 6.45) is 1.61. The molecular formula is C22H18N2O2. The van der Waals surface area contributed by atoms with Crippen molar-refractivity contribution in [1.29, 1.82) is 5.26 Å². The van der Waals surface area contributed by atoms with E-state index in [-0.39, 0.29) is 5.57 Å². The van der Waals surface area contributed by atoms with Gasteiger partial charge < -0.3 is 10.1 Å². The van der Waals surface area contributed by atoms with E-state index in [2.05, 4.69) is 5.32 Å². The fraction of sp³-hybridized carbons (Fsp3) is 0.0909. The molecular weight excluding hydrogens is 324 g/mol. The molecule has 3 aromatic rings. The Balaban J connectivity index is 1.72. The van der Waals surface area contributed by atoms with Crippen molar-refractivity contribution in [2.24, 2.45) is 0 Å². The van der Waals surface area contributed by atoms with E-state index in [9.17, 15) is 10.1 Å². The topological polar surface area (TPSA) is 62.1 Å². The van der Waals surface area contributed by atoms with Crippen molar-refractivity contribution in [3.8, 4) is 11.8 Å². The molecule has 0 bridgehead atoms. The molecule has 0 atom stereocenters. The first kappa shape index (κ1) is 17.2. The Kier molecular flexibility index (Phi) is 5.31. The van der Waals surface area contributed by atoms with Gasteiger partial charge in [-0.1, -0.05) is 48.5 Å². The van der Waals surface area contributed by atoms with Gasteiger partial charge in [0.05, 0.1) is 7.11 Å². The largest absolute Gasteiger partial charge is 0.497 e. The summed E-state index contributed by atoms with van der Waals surface area (Å²) in [4.78, 5) is 12.3. The number of carbonyl (C=O) groups excluding carboxylic acids is 1. The van der Waals surface area contributed by atoms with Gasteiger partial charge in [-0.05, 0) is 46.2 Å². The van der Waals surface area contributed by atoms with Gasteiger partial charge >= 0.3 is 0 Å². The molecule has 1 amide bonds. The lowest BCUT2D eigenvalue weighted by Crippen LogP contribution is -2.23. The number of hydrogen-bond acceptors (Lipinski definition) is 3. The summed E-state index contributed by atoms with van der Waals surface area (Å²) in [6, 6.07) is 23.2. The first-order valence-electron chi connectivity index (χ1n) is 8.21. The summed E-state index contributed by atoms with van der Waals surface area (Å²) in [5.41, 5.74) is 1.83. The van der Waals surface area contributed by atoms with Gasteiger partial charge in [0.25, 0.3) is 5.91 Å². The minimum absolute atomic E-state index is 0.0776. The van der Waals surface area contributed by atoms with Crippen LogP contribution < -0.4 is 10.1 Å². The highest BCUT2D eigenvalue weighted by atomic mass is 16.5. The molecule has 0 aliphatic rings. The minimum Gasteiger partial charge on any atom is -0.497 e. The standard InChI is InChI=1S/C22H18N2O2/c1-26-21-10-7-16(8-11-21)15-24-22(25)20(14-23)13-17-6-9-18-4-2-3-5-19(18)12-17/h2-13H,15H2,1H3,(H,24,25)/b20-13+. The first-order chi connectivity index (χ1) is 12.7. The van der Waals surface area contributed by atoms with Gasteiger partial charge in [0.15, 0.2) is 0 Å². The number of methoxy groups -OCH3 is 1. The normalized spacial score (nSPS) is 11.0. The molecule has 26 heavy (non-hydrogen) atoms. The molecule has 0 spiro atoms. The average Bonchev–Trinajstić information content (AvgIpc) is 2.70. The van der Waals surface area contributed by atoms with Crippen LogP contribution in [-0.4, -0.2) is 13.0 Å². The van der Waals surface area contributed by atoms with Gasteiger partial charge in [0, 0.05) is 6.54 Å². The van der Waals surface area contributed by atoms with Crippen LogP contribution in [-0.2, 0) is 11.3 Å². The summed E-state index contributed by atoms with van der Waals surface area (Å²) in [5.74, 6) is 0.366. The zero-order valence-electron chi connectivity index (χ0n) is 14.4. The predicted molar refractivity (Wildman–Crippen MR) is 102 cm³/mol. The number of amides is 1. The molecule has 0 aliphatic heterocycles. The number of fused-ring (bicyclic) bond motifs is 1. The smallest absolute Gasteiger partial charge is 0.262 e. The third kappa shape index (κ3) is 4.08. The maximum absolute atomic E-state index is 12.3. The van der Waals surface area contributed by atoms with Crippen LogP contribution in [0, 0.1) is 11.3 Å². The number of nitrogens with one attached hydrogen (secondary N) is 1. The van der Waals surface area contributed by atoms with Crippen LogP contribution in [0.15, 0.2) is 72.3 Å². The zero-order chi connectivity index (χ0) is 18.4. The predicted octanol–water partition coefficient (Wildman–Crippen LogP) is 4.07. The van der Waals surface area contributed by atoms with Crippen molar-refractivity contribution in [2.45, 2.75) is 6.54 Å². The fourth-order valence-corrected chi connectivity index (χ4v) is 2.63. The number of hydrogen-bond donors (Lipinski definition) is 1. The maximum Gasteiger partial charge on any atom is 0.262 e. The van der Waals surface area contributed by atoms with Crippen LogP contribution in [0.1, 0.15) is 11.1 Å². The number of rotatable bonds is 5. The molecule has 0 fully saturated rings. The number of nitriles is 1. The summed E-state index contributed by atoms with van der Waals surface area (Å²) < 4.78 is 5.11. The summed E-state index contributed by atoms with van der Waals surface area (Å²) in [7, 11) is 1.60. The molecule has 0 aliphatic carbocycles. The number of carbonyl (C=O) groups is 1.